The zero-order valence-corrected chi connectivity index (χ0v) is 12.1. The van der Waals surface area contributed by atoms with Gasteiger partial charge in [0.15, 0.2) is 5.82 Å². The highest BCUT2D eigenvalue weighted by molar-refractivity contribution is 7.99. The topological polar surface area (TPSA) is 79.9 Å². The lowest BCUT2D eigenvalue weighted by molar-refractivity contribution is -0.119. The molecule has 1 amide bonds. The molecule has 0 unspecified atom stereocenters. The van der Waals surface area contributed by atoms with Crippen molar-refractivity contribution in [1.82, 2.24) is 20.5 Å². The second-order valence-electron chi connectivity index (χ2n) is 4.67. The number of rotatable bonds is 6. The molecule has 7 heteroatoms. The van der Waals surface area contributed by atoms with E-state index in [9.17, 15) is 4.79 Å². The van der Waals surface area contributed by atoms with Crippen molar-refractivity contribution >= 4 is 17.7 Å². The van der Waals surface area contributed by atoms with Crippen molar-refractivity contribution in [3.05, 3.63) is 5.82 Å². The Morgan fingerprint density at radius 1 is 1.68 bits per heavy atom. The van der Waals surface area contributed by atoms with E-state index in [1.54, 1.807) is 0 Å². The molecule has 2 heterocycles. The number of aromatic nitrogens is 3. The molecular weight excluding hydrogens is 264 g/mol. The molecule has 1 aliphatic heterocycles. The van der Waals surface area contributed by atoms with Crippen molar-refractivity contribution in [3.63, 3.8) is 0 Å². The largest absolute Gasteiger partial charge is 0.370 e. The number of carbonyl (C=O) groups excluding carboxylic acids is 1. The molecule has 19 heavy (non-hydrogen) atoms. The molecule has 0 bridgehead atoms. The molecule has 0 radical (unpaired) electrons. The lowest BCUT2D eigenvalue weighted by Gasteiger charge is -2.09. The fraction of sp³-hybridized carbons (Fsp3) is 0.750. The first-order valence-corrected chi connectivity index (χ1v) is 7.63. The van der Waals surface area contributed by atoms with Gasteiger partial charge in [0.05, 0.1) is 5.75 Å². The van der Waals surface area contributed by atoms with Crippen molar-refractivity contribution in [1.29, 1.82) is 0 Å². The molecule has 0 spiro atoms. The summed E-state index contributed by atoms with van der Waals surface area (Å²) in [5.74, 6) is 1.12. The van der Waals surface area contributed by atoms with Crippen LogP contribution in [-0.4, -0.2) is 39.5 Å². The predicted molar refractivity (Wildman–Crippen MR) is 72.9 cm³/mol. The first-order chi connectivity index (χ1) is 9.19. The number of nitrogens with zero attached hydrogens (tertiary/aromatic N) is 2. The minimum absolute atomic E-state index is 0.0165. The van der Waals surface area contributed by atoms with E-state index in [0.29, 0.717) is 10.9 Å². The van der Waals surface area contributed by atoms with Gasteiger partial charge in [-0.2, -0.15) is 0 Å². The van der Waals surface area contributed by atoms with Crippen molar-refractivity contribution < 1.29 is 9.53 Å². The van der Waals surface area contributed by atoms with Crippen LogP contribution < -0.4 is 5.32 Å². The van der Waals surface area contributed by atoms with Crippen molar-refractivity contribution in [2.75, 3.05) is 12.4 Å². The normalized spacial score (nSPS) is 20.4. The molecule has 0 saturated carbocycles. The van der Waals surface area contributed by atoms with E-state index in [2.05, 4.69) is 20.5 Å². The molecular formula is C12H20N4O2S. The summed E-state index contributed by atoms with van der Waals surface area (Å²) in [6.07, 6.45) is 3.01. The Morgan fingerprint density at radius 2 is 2.53 bits per heavy atom. The van der Waals surface area contributed by atoms with Gasteiger partial charge in [0.25, 0.3) is 0 Å². The Kier molecular flexibility index (Phi) is 5.21. The van der Waals surface area contributed by atoms with Crippen molar-refractivity contribution in [2.45, 2.75) is 50.4 Å². The van der Waals surface area contributed by atoms with Gasteiger partial charge in [-0.05, 0) is 26.2 Å². The van der Waals surface area contributed by atoms with Crippen LogP contribution >= 0.6 is 11.8 Å². The third-order valence-electron chi connectivity index (χ3n) is 3.07. The van der Waals surface area contributed by atoms with Gasteiger partial charge < -0.3 is 10.1 Å². The van der Waals surface area contributed by atoms with E-state index in [-0.39, 0.29) is 18.1 Å². The summed E-state index contributed by atoms with van der Waals surface area (Å²) in [4.78, 5) is 16.0. The zero-order chi connectivity index (χ0) is 13.7. The molecule has 2 atom stereocenters. The molecule has 2 rings (SSSR count). The van der Waals surface area contributed by atoms with Crippen LogP contribution in [0.3, 0.4) is 0 Å². The fourth-order valence-electron chi connectivity index (χ4n) is 1.81. The third-order valence-corrected chi connectivity index (χ3v) is 3.92. The lowest BCUT2D eigenvalue weighted by atomic mass is 10.2. The molecule has 1 saturated heterocycles. The molecule has 6 nitrogen and oxygen atoms in total. The summed E-state index contributed by atoms with van der Waals surface area (Å²) in [5, 5.41) is 10.5. The fourth-order valence-corrected chi connectivity index (χ4v) is 2.43. The summed E-state index contributed by atoms with van der Waals surface area (Å²) in [5.41, 5.74) is 0. The predicted octanol–water partition coefficient (Wildman–Crippen LogP) is 1.66. The molecule has 1 aliphatic rings. The highest BCUT2D eigenvalue weighted by atomic mass is 32.2. The number of carbonyl (C=O) groups is 1. The third kappa shape index (κ3) is 4.21. The highest BCUT2D eigenvalue weighted by Crippen LogP contribution is 2.26. The number of thioether (sulfide) groups is 1. The van der Waals surface area contributed by atoms with Crippen LogP contribution in [0.4, 0.5) is 0 Å². The van der Waals surface area contributed by atoms with Crippen molar-refractivity contribution in [2.24, 2.45) is 0 Å². The minimum Gasteiger partial charge on any atom is -0.370 e. The van der Waals surface area contributed by atoms with Crippen molar-refractivity contribution in [3.8, 4) is 0 Å². The van der Waals surface area contributed by atoms with Gasteiger partial charge in [-0.25, -0.2) is 4.98 Å². The molecule has 106 valence electrons. The molecule has 1 aromatic heterocycles. The Balaban J connectivity index is 1.78. The van der Waals surface area contributed by atoms with E-state index in [1.165, 1.54) is 11.8 Å². The van der Waals surface area contributed by atoms with Gasteiger partial charge in [-0.15, -0.1) is 5.10 Å². The van der Waals surface area contributed by atoms with Crippen LogP contribution in [0.5, 0.6) is 0 Å². The number of hydrogen-bond donors (Lipinski definition) is 2. The Labute approximate surface area is 117 Å². The van der Waals surface area contributed by atoms with E-state index >= 15 is 0 Å². The maximum atomic E-state index is 11.6. The number of aromatic amines is 1. The van der Waals surface area contributed by atoms with Crippen LogP contribution in [0, 0.1) is 0 Å². The number of hydrogen-bond acceptors (Lipinski definition) is 5. The number of ether oxygens (including phenoxy) is 1. The van der Waals surface area contributed by atoms with Crippen LogP contribution in [0.2, 0.25) is 0 Å². The van der Waals surface area contributed by atoms with Crippen LogP contribution in [0.15, 0.2) is 5.16 Å². The van der Waals surface area contributed by atoms with E-state index in [0.717, 1.165) is 31.7 Å². The van der Waals surface area contributed by atoms with Gasteiger partial charge in [0, 0.05) is 12.6 Å². The summed E-state index contributed by atoms with van der Waals surface area (Å²) in [6.45, 7) is 4.82. The van der Waals surface area contributed by atoms with Gasteiger partial charge in [0.1, 0.15) is 6.10 Å². The first kappa shape index (κ1) is 14.3. The Hall–Kier alpha value is -1.08. The number of amides is 1. The highest BCUT2D eigenvalue weighted by Gasteiger charge is 2.21. The summed E-state index contributed by atoms with van der Waals surface area (Å²) in [7, 11) is 0. The molecule has 0 aliphatic carbocycles. The van der Waals surface area contributed by atoms with Crippen LogP contribution in [0.1, 0.15) is 45.0 Å². The average Bonchev–Trinajstić information content (AvgIpc) is 3.06. The smallest absolute Gasteiger partial charge is 0.230 e. The molecule has 1 aromatic rings. The monoisotopic (exact) mass is 284 g/mol. The number of H-pyrrole nitrogens is 1. The minimum atomic E-state index is 0.0165. The van der Waals surface area contributed by atoms with E-state index < -0.39 is 0 Å². The van der Waals surface area contributed by atoms with Gasteiger partial charge in [-0.3, -0.25) is 9.89 Å². The number of nitrogens with one attached hydrogen (secondary N) is 2. The maximum absolute atomic E-state index is 11.6. The Bertz CT molecular complexity index is 418. The maximum Gasteiger partial charge on any atom is 0.230 e. The lowest BCUT2D eigenvalue weighted by Crippen LogP contribution is -2.33. The van der Waals surface area contributed by atoms with Crippen LogP contribution in [-0.2, 0) is 9.53 Å². The van der Waals surface area contributed by atoms with Crippen LogP contribution in [0.25, 0.3) is 0 Å². The SMILES string of the molecule is CC[C@@H](C)NC(=O)CSc1n[nH]c([C@@H]2CCCO2)n1. The summed E-state index contributed by atoms with van der Waals surface area (Å²) >= 11 is 1.34. The molecule has 2 N–H and O–H groups in total. The van der Waals surface area contributed by atoms with E-state index in [4.69, 9.17) is 4.74 Å². The Morgan fingerprint density at radius 3 is 3.21 bits per heavy atom. The molecule has 0 aromatic carbocycles. The second kappa shape index (κ2) is 6.91. The quantitative estimate of drug-likeness (QED) is 0.777. The zero-order valence-electron chi connectivity index (χ0n) is 11.3. The molecule has 1 fully saturated rings. The standard InChI is InChI=1S/C12H20N4O2S/c1-3-8(2)13-10(17)7-19-12-14-11(15-16-12)9-5-4-6-18-9/h8-9H,3-7H2,1-2H3,(H,13,17)(H,14,15,16)/t8-,9+/m1/s1. The van der Waals surface area contributed by atoms with Gasteiger partial charge in [0.2, 0.25) is 11.1 Å². The van der Waals surface area contributed by atoms with Gasteiger partial charge >= 0.3 is 0 Å². The first-order valence-electron chi connectivity index (χ1n) is 6.65. The second-order valence-corrected chi connectivity index (χ2v) is 5.61. The average molecular weight is 284 g/mol. The van der Waals surface area contributed by atoms with Gasteiger partial charge in [-0.1, -0.05) is 18.7 Å². The summed E-state index contributed by atoms with van der Waals surface area (Å²) < 4.78 is 5.52. The van der Waals surface area contributed by atoms with E-state index in [1.807, 2.05) is 13.8 Å². The summed E-state index contributed by atoms with van der Waals surface area (Å²) in [6, 6.07) is 0.211.